The Hall–Kier alpha value is -1.54. The van der Waals surface area contributed by atoms with Gasteiger partial charge in [0.05, 0.1) is 12.3 Å². The van der Waals surface area contributed by atoms with Gasteiger partial charge in [-0.3, -0.25) is 4.79 Å². The lowest BCUT2D eigenvalue weighted by atomic mass is 10.3. The van der Waals surface area contributed by atoms with Crippen molar-refractivity contribution in [2.75, 3.05) is 26.0 Å². The summed E-state index contributed by atoms with van der Waals surface area (Å²) >= 11 is 4.78. The predicted octanol–water partition coefficient (Wildman–Crippen LogP) is 2.77. The Kier molecular flexibility index (Phi) is 7.11. The summed E-state index contributed by atoms with van der Waals surface area (Å²) in [6.45, 7) is 3.02. The second-order valence-corrected chi connectivity index (χ2v) is 7.08. The maximum Gasteiger partial charge on any atom is 0.232 e. The summed E-state index contributed by atoms with van der Waals surface area (Å²) in [6, 6.07) is 7.63. The molecule has 1 heterocycles. The van der Waals surface area contributed by atoms with Crippen molar-refractivity contribution in [2.24, 2.45) is 7.05 Å². The standard InChI is InChI=1S/C16H21BrN4O2S/c1-4-14-18-19-16(21(14)3)24-11-15(22)20(2)9-10-23-13-7-5-12(17)6-8-13/h5-8H,4,9-11H2,1-3H3. The molecule has 24 heavy (non-hydrogen) atoms. The number of hydrogen-bond donors (Lipinski definition) is 0. The monoisotopic (exact) mass is 412 g/mol. The fraction of sp³-hybridized carbons (Fsp3) is 0.438. The molecule has 0 aliphatic heterocycles. The molecule has 1 aromatic heterocycles. The Balaban J connectivity index is 1.73. The smallest absolute Gasteiger partial charge is 0.232 e. The summed E-state index contributed by atoms with van der Waals surface area (Å²) in [7, 11) is 3.70. The Morgan fingerprint density at radius 2 is 2.04 bits per heavy atom. The van der Waals surface area contributed by atoms with Crippen LogP contribution in [0.15, 0.2) is 33.9 Å². The molecule has 0 spiro atoms. The lowest BCUT2D eigenvalue weighted by Crippen LogP contribution is -2.32. The van der Waals surface area contributed by atoms with E-state index in [4.69, 9.17) is 4.74 Å². The van der Waals surface area contributed by atoms with Crippen molar-refractivity contribution in [3.8, 4) is 5.75 Å². The first kappa shape index (κ1) is 18.8. The molecule has 1 aromatic carbocycles. The van der Waals surface area contributed by atoms with Gasteiger partial charge >= 0.3 is 0 Å². The van der Waals surface area contributed by atoms with Gasteiger partial charge in [0.25, 0.3) is 0 Å². The zero-order chi connectivity index (χ0) is 17.5. The van der Waals surface area contributed by atoms with Crippen LogP contribution in [0.1, 0.15) is 12.7 Å². The first-order chi connectivity index (χ1) is 11.5. The fourth-order valence-corrected chi connectivity index (χ4v) is 3.11. The number of likely N-dealkylation sites (N-methyl/N-ethyl adjacent to an activating group) is 1. The van der Waals surface area contributed by atoms with Crippen LogP contribution in [0.5, 0.6) is 5.75 Å². The highest BCUT2D eigenvalue weighted by Gasteiger charge is 2.13. The van der Waals surface area contributed by atoms with E-state index in [1.165, 1.54) is 11.8 Å². The molecular weight excluding hydrogens is 392 g/mol. The number of ether oxygens (including phenoxy) is 1. The second-order valence-electron chi connectivity index (χ2n) is 5.22. The largest absolute Gasteiger partial charge is 0.492 e. The number of halogens is 1. The topological polar surface area (TPSA) is 60.3 Å². The van der Waals surface area contributed by atoms with Gasteiger partial charge in [0, 0.05) is 25.0 Å². The normalized spacial score (nSPS) is 10.7. The molecule has 0 saturated heterocycles. The molecule has 1 amide bonds. The second kappa shape index (κ2) is 9.08. The third kappa shape index (κ3) is 5.24. The number of carbonyl (C=O) groups excluding carboxylic acids is 1. The molecule has 0 radical (unpaired) electrons. The molecule has 0 unspecified atom stereocenters. The van der Waals surface area contributed by atoms with Crippen LogP contribution in [0, 0.1) is 0 Å². The summed E-state index contributed by atoms with van der Waals surface area (Å²) in [5.74, 6) is 2.09. The third-order valence-electron chi connectivity index (χ3n) is 3.50. The summed E-state index contributed by atoms with van der Waals surface area (Å²) in [5.41, 5.74) is 0. The van der Waals surface area contributed by atoms with E-state index in [1.54, 1.807) is 11.9 Å². The minimum atomic E-state index is 0.0421. The van der Waals surface area contributed by atoms with Crippen molar-refractivity contribution < 1.29 is 9.53 Å². The van der Waals surface area contributed by atoms with Crippen LogP contribution < -0.4 is 4.74 Å². The number of amides is 1. The van der Waals surface area contributed by atoms with Crippen LogP contribution in [-0.2, 0) is 18.3 Å². The molecule has 0 aliphatic carbocycles. The van der Waals surface area contributed by atoms with Gasteiger partial charge < -0.3 is 14.2 Å². The van der Waals surface area contributed by atoms with E-state index in [1.807, 2.05) is 42.8 Å². The van der Waals surface area contributed by atoms with E-state index >= 15 is 0 Å². The molecule has 6 nitrogen and oxygen atoms in total. The summed E-state index contributed by atoms with van der Waals surface area (Å²) < 4.78 is 8.57. The number of aryl methyl sites for hydroxylation is 1. The lowest BCUT2D eigenvalue weighted by molar-refractivity contribution is -0.127. The van der Waals surface area contributed by atoms with Crippen LogP contribution >= 0.6 is 27.7 Å². The summed E-state index contributed by atoms with van der Waals surface area (Å²) in [5, 5.41) is 8.96. The average Bonchev–Trinajstić information content (AvgIpc) is 2.94. The van der Waals surface area contributed by atoms with Crippen LogP contribution in [-0.4, -0.2) is 51.5 Å². The number of carbonyl (C=O) groups is 1. The van der Waals surface area contributed by atoms with Crippen molar-refractivity contribution >= 4 is 33.6 Å². The molecule has 0 bridgehead atoms. The van der Waals surface area contributed by atoms with Gasteiger partial charge in [0.1, 0.15) is 18.2 Å². The van der Waals surface area contributed by atoms with E-state index in [0.717, 1.165) is 27.6 Å². The number of nitrogens with zero attached hydrogens (tertiary/aromatic N) is 4. The molecule has 2 rings (SSSR count). The summed E-state index contributed by atoms with van der Waals surface area (Å²) in [6.07, 6.45) is 0.825. The Bertz CT molecular complexity index is 675. The highest BCUT2D eigenvalue weighted by Crippen LogP contribution is 2.17. The summed E-state index contributed by atoms with van der Waals surface area (Å²) in [4.78, 5) is 13.8. The van der Waals surface area contributed by atoms with E-state index in [0.29, 0.717) is 18.9 Å². The highest BCUT2D eigenvalue weighted by molar-refractivity contribution is 9.10. The van der Waals surface area contributed by atoms with Gasteiger partial charge in [-0.2, -0.15) is 0 Å². The molecule has 0 atom stereocenters. The zero-order valence-electron chi connectivity index (χ0n) is 14.0. The molecule has 2 aromatic rings. The van der Waals surface area contributed by atoms with E-state index in [2.05, 4.69) is 26.1 Å². The fourth-order valence-electron chi connectivity index (χ4n) is 1.97. The van der Waals surface area contributed by atoms with Gasteiger partial charge in [-0.1, -0.05) is 34.6 Å². The molecule has 130 valence electrons. The van der Waals surface area contributed by atoms with Crippen LogP contribution in [0.4, 0.5) is 0 Å². The van der Waals surface area contributed by atoms with Gasteiger partial charge in [-0.15, -0.1) is 10.2 Å². The van der Waals surface area contributed by atoms with Crippen molar-refractivity contribution in [3.63, 3.8) is 0 Å². The Morgan fingerprint density at radius 3 is 2.67 bits per heavy atom. The maximum atomic E-state index is 12.2. The van der Waals surface area contributed by atoms with Gasteiger partial charge in [-0.25, -0.2) is 0 Å². The SMILES string of the molecule is CCc1nnc(SCC(=O)N(C)CCOc2ccc(Br)cc2)n1C. The third-order valence-corrected chi connectivity index (χ3v) is 5.03. The minimum Gasteiger partial charge on any atom is -0.492 e. The van der Waals surface area contributed by atoms with Crippen LogP contribution in [0.2, 0.25) is 0 Å². The predicted molar refractivity (Wildman–Crippen MR) is 98.4 cm³/mol. The van der Waals surface area contributed by atoms with Crippen LogP contribution in [0.3, 0.4) is 0 Å². The van der Waals surface area contributed by atoms with Crippen molar-refractivity contribution in [2.45, 2.75) is 18.5 Å². The molecule has 0 saturated carbocycles. The van der Waals surface area contributed by atoms with E-state index < -0.39 is 0 Å². The zero-order valence-corrected chi connectivity index (χ0v) is 16.4. The number of thioether (sulfide) groups is 1. The quantitative estimate of drug-likeness (QED) is 0.623. The Labute approximate surface area is 154 Å². The van der Waals surface area contributed by atoms with Gasteiger partial charge in [-0.05, 0) is 24.3 Å². The number of rotatable bonds is 8. The highest BCUT2D eigenvalue weighted by atomic mass is 79.9. The average molecular weight is 413 g/mol. The van der Waals surface area contributed by atoms with Crippen LogP contribution in [0.25, 0.3) is 0 Å². The van der Waals surface area contributed by atoms with Crippen molar-refractivity contribution in [1.29, 1.82) is 0 Å². The molecule has 0 aliphatic rings. The first-order valence-electron chi connectivity index (χ1n) is 7.64. The lowest BCUT2D eigenvalue weighted by Gasteiger charge is -2.17. The van der Waals surface area contributed by atoms with Crippen molar-refractivity contribution in [3.05, 3.63) is 34.6 Å². The van der Waals surface area contributed by atoms with E-state index in [-0.39, 0.29) is 5.91 Å². The maximum absolute atomic E-state index is 12.2. The first-order valence-corrected chi connectivity index (χ1v) is 9.42. The molecular formula is C16H21BrN4O2S. The number of aromatic nitrogens is 3. The Morgan fingerprint density at radius 1 is 1.33 bits per heavy atom. The number of hydrogen-bond acceptors (Lipinski definition) is 5. The van der Waals surface area contributed by atoms with Gasteiger partial charge in [0.2, 0.25) is 5.91 Å². The van der Waals surface area contributed by atoms with E-state index in [9.17, 15) is 4.79 Å². The molecule has 0 fully saturated rings. The van der Waals surface area contributed by atoms with Gasteiger partial charge in [0.15, 0.2) is 5.16 Å². The molecule has 0 N–H and O–H groups in total. The number of benzene rings is 1. The molecule has 8 heteroatoms. The van der Waals surface area contributed by atoms with Crippen molar-refractivity contribution in [1.82, 2.24) is 19.7 Å². The minimum absolute atomic E-state index is 0.0421.